The van der Waals surface area contributed by atoms with Gasteiger partial charge in [-0.3, -0.25) is 19.8 Å². The molecule has 3 aliphatic rings. The lowest BCUT2D eigenvalue weighted by Crippen LogP contribution is -2.50. The van der Waals surface area contributed by atoms with E-state index in [1.165, 1.54) is 18.1 Å². The fourth-order valence-corrected chi connectivity index (χ4v) is 4.59. The molecule has 3 heterocycles. The average molecular weight is 464 g/mol. The van der Waals surface area contributed by atoms with Crippen LogP contribution in [0.25, 0.3) is 0 Å². The predicted octanol–water partition coefficient (Wildman–Crippen LogP) is 0.614. The number of carbonyl (C=O) groups excluding carboxylic acids is 3. The third-order valence-electron chi connectivity index (χ3n) is 6.34. The van der Waals surface area contributed by atoms with Crippen LogP contribution in [0.5, 0.6) is 0 Å². The summed E-state index contributed by atoms with van der Waals surface area (Å²) in [7, 11) is 1.48. The molecule has 1 unspecified atom stereocenters. The Bertz CT molecular complexity index is 873. The Hall–Kier alpha value is -2.92. The number of piperazine rings is 1. The third kappa shape index (κ3) is 5.19. The molecule has 10 nitrogen and oxygen atoms in total. The molecule has 0 saturated carbocycles. The molecule has 11 heteroatoms. The molecular formula is C22H30FN5O5. The molecule has 180 valence electrons. The van der Waals surface area contributed by atoms with E-state index in [-0.39, 0.29) is 31.8 Å². The van der Waals surface area contributed by atoms with Gasteiger partial charge in [0.2, 0.25) is 12.3 Å². The van der Waals surface area contributed by atoms with Crippen LogP contribution in [0.1, 0.15) is 12.8 Å². The maximum atomic E-state index is 15.0. The molecule has 3 fully saturated rings. The summed E-state index contributed by atoms with van der Waals surface area (Å²) in [5, 5.41) is 3.25. The van der Waals surface area contributed by atoms with Crippen LogP contribution in [0.3, 0.4) is 0 Å². The molecule has 1 aromatic carbocycles. The van der Waals surface area contributed by atoms with Crippen molar-refractivity contribution in [1.29, 1.82) is 0 Å². The highest BCUT2D eigenvalue weighted by Crippen LogP contribution is 2.29. The van der Waals surface area contributed by atoms with Crippen molar-refractivity contribution in [2.45, 2.75) is 25.1 Å². The molecule has 1 aromatic rings. The first-order valence-corrected chi connectivity index (χ1v) is 11.2. The third-order valence-corrected chi connectivity index (χ3v) is 6.34. The van der Waals surface area contributed by atoms with E-state index in [1.807, 2.05) is 4.90 Å². The number of halogens is 1. The minimum absolute atomic E-state index is 0.0394. The number of ether oxygens (including phenoxy) is 2. The van der Waals surface area contributed by atoms with Crippen LogP contribution in [-0.4, -0.2) is 100 Å². The van der Waals surface area contributed by atoms with E-state index in [1.54, 1.807) is 21.9 Å². The molecule has 0 aliphatic carbocycles. The quantitative estimate of drug-likeness (QED) is 0.565. The molecule has 33 heavy (non-hydrogen) atoms. The highest BCUT2D eigenvalue weighted by Gasteiger charge is 2.35. The molecule has 3 aliphatic heterocycles. The number of nitrogens with zero attached hydrogens (tertiary/aromatic N) is 4. The van der Waals surface area contributed by atoms with Crippen molar-refractivity contribution in [3.63, 3.8) is 0 Å². The molecular weight excluding hydrogens is 433 g/mol. The molecule has 0 bridgehead atoms. The van der Waals surface area contributed by atoms with Gasteiger partial charge in [-0.2, -0.15) is 0 Å². The number of anilines is 2. The molecule has 1 N–H and O–H groups in total. The van der Waals surface area contributed by atoms with Gasteiger partial charge in [-0.05, 0) is 37.6 Å². The fourth-order valence-electron chi connectivity index (χ4n) is 4.59. The number of cyclic esters (lactones) is 1. The van der Waals surface area contributed by atoms with E-state index in [0.29, 0.717) is 37.6 Å². The van der Waals surface area contributed by atoms with E-state index in [0.717, 1.165) is 25.8 Å². The first-order chi connectivity index (χ1) is 16.0. The van der Waals surface area contributed by atoms with Gasteiger partial charge in [0.15, 0.2) is 0 Å². The number of methoxy groups -OCH3 is 1. The topological polar surface area (TPSA) is 94.7 Å². The summed E-state index contributed by atoms with van der Waals surface area (Å²) in [6.45, 7) is 3.43. The van der Waals surface area contributed by atoms with E-state index < -0.39 is 18.0 Å². The number of hydrogen-bond acceptors (Lipinski definition) is 7. The Kier molecular flexibility index (Phi) is 7.29. The Labute approximate surface area is 192 Å². The largest absolute Gasteiger partial charge is 0.442 e. The van der Waals surface area contributed by atoms with Gasteiger partial charge in [0.1, 0.15) is 18.5 Å². The Morgan fingerprint density at radius 1 is 1.33 bits per heavy atom. The van der Waals surface area contributed by atoms with Crippen LogP contribution in [0.4, 0.5) is 20.6 Å². The first kappa shape index (κ1) is 23.2. The minimum Gasteiger partial charge on any atom is -0.442 e. The summed E-state index contributed by atoms with van der Waals surface area (Å²) in [5.74, 6) is -0.517. The lowest BCUT2D eigenvalue weighted by molar-refractivity contribution is -0.135. The molecule has 0 spiro atoms. The van der Waals surface area contributed by atoms with Crippen molar-refractivity contribution in [2.24, 2.45) is 0 Å². The maximum absolute atomic E-state index is 15.0. The summed E-state index contributed by atoms with van der Waals surface area (Å²) < 4.78 is 25.3. The van der Waals surface area contributed by atoms with Crippen molar-refractivity contribution in [1.82, 2.24) is 15.1 Å². The zero-order chi connectivity index (χ0) is 23.4. The number of hydrogen-bond donors (Lipinski definition) is 1. The van der Waals surface area contributed by atoms with Crippen molar-refractivity contribution < 1.29 is 28.2 Å². The lowest BCUT2D eigenvalue weighted by atomic mass is 10.2. The van der Waals surface area contributed by atoms with Crippen molar-refractivity contribution in [2.75, 3.05) is 69.3 Å². The summed E-state index contributed by atoms with van der Waals surface area (Å²) in [6.07, 6.45) is 1.56. The van der Waals surface area contributed by atoms with Crippen LogP contribution in [0.15, 0.2) is 18.2 Å². The Morgan fingerprint density at radius 2 is 2.12 bits per heavy atom. The van der Waals surface area contributed by atoms with Gasteiger partial charge >= 0.3 is 6.09 Å². The maximum Gasteiger partial charge on any atom is 0.414 e. The van der Waals surface area contributed by atoms with Crippen molar-refractivity contribution in [3.8, 4) is 0 Å². The monoisotopic (exact) mass is 463 g/mol. The normalized spacial score (nSPS) is 23.1. The minimum atomic E-state index is -0.553. The van der Waals surface area contributed by atoms with Crippen LogP contribution < -0.4 is 15.1 Å². The van der Waals surface area contributed by atoms with Crippen LogP contribution in [-0.2, 0) is 19.1 Å². The van der Waals surface area contributed by atoms with E-state index in [9.17, 15) is 18.8 Å². The van der Waals surface area contributed by atoms with Gasteiger partial charge in [0.05, 0.1) is 30.6 Å². The smallest absolute Gasteiger partial charge is 0.414 e. The van der Waals surface area contributed by atoms with E-state index >= 15 is 0 Å². The number of carbonyl (C=O) groups is 3. The highest BCUT2D eigenvalue weighted by molar-refractivity contribution is 5.90. The summed E-state index contributed by atoms with van der Waals surface area (Å²) in [6, 6.07) is 4.68. The van der Waals surface area contributed by atoms with E-state index in [4.69, 9.17) is 9.47 Å². The number of amides is 3. The number of rotatable bonds is 8. The molecule has 0 aromatic heterocycles. The molecule has 0 radical (unpaired) electrons. The molecule has 2 atom stereocenters. The summed E-state index contributed by atoms with van der Waals surface area (Å²) in [4.78, 5) is 42.5. The van der Waals surface area contributed by atoms with Gasteiger partial charge in [-0.1, -0.05) is 0 Å². The van der Waals surface area contributed by atoms with Gasteiger partial charge in [-0.25, -0.2) is 9.18 Å². The Balaban J connectivity index is 1.36. The average Bonchev–Trinajstić information content (AvgIpc) is 3.47. The summed E-state index contributed by atoms with van der Waals surface area (Å²) >= 11 is 0. The van der Waals surface area contributed by atoms with Gasteiger partial charge < -0.3 is 24.2 Å². The van der Waals surface area contributed by atoms with E-state index in [2.05, 4.69) is 5.32 Å². The fraction of sp³-hybridized carbons (Fsp3) is 0.591. The number of nitrogens with one attached hydrogen (secondary N) is 1. The molecule has 3 amide bonds. The first-order valence-electron chi connectivity index (χ1n) is 11.2. The van der Waals surface area contributed by atoms with Crippen LogP contribution >= 0.6 is 0 Å². The predicted molar refractivity (Wildman–Crippen MR) is 118 cm³/mol. The standard InChI is InChI=1S/C22H30FN5O5/c1-32-14-21(30)26-9-7-25(8-10-26)19-5-4-16(11-18(19)23)28-13-17(33-22(28)31)12-27(15-29)20-3-2-6-24-20/h4-5,11,15,17,20,24H,2-3,6-10,12-14H2,1H3/t17?,20-/m1/s1. The molecule has 4 rings (SSSR count). The second-order valence-corrected chi connectivity index (χ2v) is 8.47. The lowest BCUT2D eigenvalue weighted by Gasteiger charge is -2.36. The second kappa shape index (κ2) is 10.3. The van der Waals surface area contributed by atoms with Gasteiger partial charge in [-0.15, -0.1) is 0 Å². The van der Waals surface area contributed by atoms with Crippen molar-refractivity contribution >= 4 is 29.8 Å². The van der Waals surface area contributed by atoms with Gasteiger partial charge in [0, 0.05) is 33.3 Å². The van der Waals surface area contributed by atoms with Gasteiger partial charge in [0.25, 0.3) is 0 Å². The second-order valence-electron chi connectivity index (χ2n) is 8.47. The van der Waals surface area contributed by atoms with Crippen LogP contribution in [0.2, 0.25) is 0 Å². The number of benzene rings is 1. The highest BCUT2D eigenvalue weighted by atomic mass is 19.1. The zero-order valence-electron chi connectivity index (χ0n) is 18.7. The van der Waals surface area contributed by atoms with Crippen molar-refractivity contribution in [3.05, 3.63) is 24.0 Å². The molecule has 3 saturated heterocycles. The Morgan fingerprint density at radius 3 is 2.76 bits per heavy atom. The summed E-state index contributed by atoms with van der Waals surface area (Å²) in [5.41, 5.74) is 0.843. The van der Waals surface area contributed by atoms with Crippen LogP contribution in [0, 0.1) is 5.82 Å². The SMILES string of the molecule is COCC(=O)N1CCN(c2ccc(N3CC(CN(C=O)[C@@H]4CCCN4)OC3=O)cc2F)CC1. The zero-order valence-corrected chi connectivity index (χ0v) is 18.7.